The van der Waals surface area contributed by atoms with Crippen molar-refractivity contribution in [2.24, 2.45) is 0 Å². The molecular formula is C17H21F3N2O4. The molecule has 0 aliphatic carbocycles. The molecule has 3 N–H and O–H groups in total. The lowest BCUT2D eigenvalue weighted by molar-refractivity contribution is -0.253. The first-order valence-electron chi connectivity index (χ1n) is 8.21. The first kappa shape index (κ1) is 20.0. The van der Waals surface area contributed by atoms with Crippen LogP contribution in [0.4, 0.5) is 18.0 Å². The second-order valence-corrected chi connectivity index (χ2v) is 6.47. The molecule has 1 aliphatic rings. The van der Waals surface area contributed by atoms with Crippen molar-refractivity contribution in [1.29, 1.82) is 0 Å². The van der Waals surface area contributed by atoms with E-state index in [0.29, 0.717) is 6.42 Å². The molecule has 1 aliphatic heterocycles. The number of nitrogens with one attached hydrogen (secondary N) is 1. The number of rotatable bonds is 6. The maximum Gasteiger partial charge on any atom is 0.419 e. The van der Waals surface area contributed by atoms with Gasteiger partial charge in [0, 0.05) is 25.4 Å². The second kappa shape index (κ2) is 7.94. The van der Waals surface area contributed by atoms with Crippen LogP contribution in [-0.2, 0) is 11.2 Å². The van der Waals surface area contributed by atoms with Crippen LogP contribution in [0.15, 0.2) is 30.3 Å². The van der Waals surface area contributed by atoms with Gasteiger partial charge in [-0.1, -0.05) is 30.3 Å². The van der Waals surface area contributed by atoms with E-state index in [2.05, 4.69) is 5.32 Å². The monoisotopic (exact) mass is 374 g/mol. The van der Waals surface area contributed by atoms with Crippen LogP contribution in [0.5, 0.6) is 0 Å². The highest BCUT2D eigenvalue weighted by Crippen LogP contribution is 2.37. The Kier molecular flexibility index (Phi) is 6.12. The third-order valence-electron chi connectivity index (χ3n) is 4.42. The molecule has 0 radical (unpaired) electrons. The summed E-state index contributed by atoms with van der Waals surface area (Å²) in [6, 6.07) is 7.77. The lowest BCUT2D eigenvalue weighted by Gasteiger charge is -2.27. The van der Waals surface area contributed by atoms with E-state index in [1.165, 1.54) is 0 Å². The fourth-order valence-electron chi connectivity index (χ4n) is 2.89. The van der Waals surface area contributed by atoms with Crippen LogP contribution in [0.2, 0.25) is 0 Å². The number of β-amino-alcohol motifs (C(OH)–C–C–N with tert-alkyl or cyclic N) is 1. The Morgan fingerprint density at radius 1 is 1.27 bits per heavy atom. The molecule has 9 heteroatoms. The van der Waals surface area contributed by atoms with Gasteiger partial charge in [0.25, 0.3) is 0 Å². The zero-order valence-corrected chi connectivity index (χ0v) is 14.0. The summed E-state index contributed by atoms with van der Waals surface area (Å²) in [7, 11) is 0. The second-order valence-electron chi connectivity index (χ2n) is 6.47. The van der Waals surface area contributed by atoms with Gasteiger partial charge < -0.3 is 20.4 Å². The molecule has 6 nitrogen and oxygen atoms in total. The van der Waals surface area contributed by atoms with Crippen LogP contribution in [0.1, 0.15) is 24.8 Å². The number of carboxylic acids is 1. The lowest BCUT2D eigenvalue weighted by Crippen LogP contribution is -2.50. The van der Waals surface area contributed by atoms with Crippen LogP contribution in [0, 0.1) is 0 Å². The number of likely N-dealkylation sites (tertiary alicyclic amines) is 1. The number of nitrogens with zero attached hydrogens (tertiary/aromatic N) is 1. The number of urea groups is 1. The van der Waals surface area contributed by atoms with Gasteiger partial charge in [0.05, 0.1) is 6.54 Å². The average Bonchev–Trinajstić information content (AvgIpc) is 2.97. The summed E-state index contributed by atoms with van der Waals surface area (Å²) in [6.45, 7) is -1.06. The third-order valence-corrected chi connectivity index (χ3v) is 4.42. The number of carboxylic acid groups (broad SMARTS) is 1. The molecule has 0 bridgehead atoms. The smallest absolute Gasteiger partial charge is 0.419 e. The van der Waals surface area contributed by atoms with Crippen LogP contribution < -0.4 is 5.32 Å². The number of carbonyl (C=O) groups is 2. The molecule has 0 saturated carbocycles. The molecule has 144 valence electrons. The summed E-state index contributed by atoms with van der Waals surface area (Å²) in [6.07, 6.45) is -5.06. The predicted molar refractivity (Wildman–Crippen MR) is 86.5 cm³/mol. The molecule has 2 unspecified atom stereocenters. The quantitative estimate of drug-likeness (QED) is 0.712. The molecule has 2 amide bonds. The minimum absolute atomic E-state index is 0.146. The van der Waals surface area contributed by atoms with Crippen LogP contribution in [0.3, 0.4) is 0 Å². The molecule has 1 aromatic carbocycles. The Hall–Kier alpha value is -2.29. The average molecular weight is 374 g/mol. The number of halogens is 3. The number of amides is 2. The highest BCUT2D eigenvalue weighted by Gasteiger charge is 2.57. The highest BCUT2D eigenvalue weighted by molar-refractivity contribution is 5.75. The molecule has 1 saturated heterocycles. The number of carbonyl (C=O) groups excluding carboxylic acids is 1. The van der Waals surface area contributed by atoms with E-state index >= 15 is 0 Å². The van der Waals surface area contributed by atoms with Gasteiger partial charge in [-0.15, -0.1) is 0 Å². The number of benzene rings is 1. The Morgan fingerprint density at radius 2 is 1.92 bits per heavy atom. The summed E-state index contributed by atoms with van der Waals surface area (Å²) >= 11 is 0. The maximum absolute atomic E-state index is 12.9. The van der Waals surface area contributed by atoms with Gasteiger partial charge in [0.1, 0.15) is 0 Å². The van der Waals surface area contributed by atoms with Gasteiger partial charge >= 0.3 is 18.2 Å². The number of hydrogen-bond acceptors (Lipinski definition) is 3. The number of alkyl halides is 3. The minimum Gasteiger partial charge on any atom is -0.481 e. The summed E-state index contributed by atoms with van der Waals surface area (Å²) in [4.78, 5) is 24.0. The molecule has 2 atom stereocenters. The Bertz CT molecular complexity index is 639. The van der Waals surface area contributed by atoms with Crippen LogP contribution in [0.25, 0.3) is 0 Å². The fraction of sp³-hybridized carbons (Fsp3) is 0.529. The summed E-state index contributed by atoms with van der Waals surface area (Å²) in [5, 5.41) is 21.1. The van der Waals surface area contributed by atoms with Crippen molar-refractivity contribution in [3.63, 3.8) is 0 Å². The van der Waals surface area contributed by atoms with E-state index in [0.717, 1.165) is 10.5 Å². The minimum atomic E-state index is -4.81. The van der Waals surface area contributed by atoms with E-state index in [4.69, 9.17) is 5.11 Å². The first-order chi connectivity index (χ1) is 12.1. The van der Waals surface area contributed by atoms with Crippen molar-refractivity contribution in [3.05, 3.63) is 35.9 Å². The molecular weight excluding hydrogens is 353 g/mol. The van der Waals surface area contributed by atoms with Crippen molar-refractivity contribution in [2.75, 3.05) is 13.1 Å². The zero-order chi connectivity index (χ0) is 19.4. The van der Waals surface area contributed by atoms with Crippen molar-refractivity contribution in [1.82, 2.24) is 10.2 Å². The number of hydrogen-bond donors (Lipinski definition) is 3. The fourth-order valence-corrected chi connectivity index (χ4v) is 2.89. The highest BCUT2D eigenvalue weighted by atomic mass is 19.4. The van der Waals surface area contributed by atoms with Crippen LogP contribution in [-0.4, -0.2) is 58.0 Å². The van der Waals surface area contributed by atoms with Gasteiger partial charge in [-0.25, -0.2) is 4.79 Å². The molecule has 1 heterocycles. The van der Waals surface area contributed by atoms with E-state index in [9.17, 15) is 27.9 Å². The normalized spacial score (nSPS) is 21.5. The van der Waals surface area contributed by atoms with Crippen molar-refractivity contribution < 1.29 is 33.0 Å². The molecule has 1 aromatic rings. The standard InChI is InChI=1S/C17H21F3N2O4/c18-17(19,20)16(26)8-9-22(11-16)15(25)21-13(6-7-14(23)24)10-12-4-2-1-3-5-12/h1-5,13,26H,6-11H2,(H,21,25)(H,23,24). The molecule has 0 spiro atoms. The largest absolute Gasteiger partial charge is 0.481 e. The van der Waals surface area contributed by atoms with Gasteiger partial charge in [0.15, 0.2) is 5.60 Å². The van der Waals surface area contributed by atoms with Gasteiger partial charge in [0.2, 0.25) is 0 Å². The molecule has 2 rings (SSSR count). The van der Waals surface area contributed by atoms with Gasteiger partial charge in [-0.05, 0) is 18.4 Å². The van der Waals surface area contributed by atoms with E-state index in [1.807, 2.05) is 18.2 Å². The Morgan fingerprint density at radius 3 is 2.46 bits per heavy atom. The third kappa shape index (κ3) is 5.10. The Labute approximate surface area is 148 Å². The van der Waals surface area contributed by atoms with Crippen LogP contribution >= 0.6 is 0 Å². The Balaban J connectivity index is 2.00. The summed E-state index contributed by atoms with van der Waals surface area (Å²) in [5.74, 6) is -1.02. The molecule has 1 fully saturated rings. The van der Waals surface area contributed by atoms with Gasteiger partial charge in [-0.3, -0.25) is 4.79 Å². The molecule has 0 aromatic heterocycles. The van der Waals surface area contributed by atoms with E-state index in [-0.39, 0.29) is 19.4 Å². The summed E-state index contributed by atoms with van der Waals surface area (Å²) in [5.41, 5.74) is -2.03. The molecule has 26 heavy (non-hydrogen) atoms. The van der Waals surface area contributed by atoms with Gasteiger partial charge in [-0.2, -0.15) is 13.2 Å². The zero-order valence-electron chi connectivity index (χ0n) is 14.0. The van der Waals surface area contributed by atoms with E-state index < -0.39 is 42.8 Å². The van der Waals surface area contributed by atoms with E-state index in [1.54, 1.807) is 12.1 Å². The topological polar surface area (TPSA) is 89.9 Å². The summed E-state index contributed by atoms with van der Waals surface area (Å²) < 4.78 is 38.6. The lowest BCUT2D eigenvalue weighted by atomic mass is 10.0. The van der Waals surface area contributed by atoms with Crippen molar-refractivity contribution >= 4 is 12.0 Å². The maximum atomic E-state index is 12.9. The SMILES string of the molecule is O=C(O)CCC(Cc1ccccc1)NC(=O)N1CCC(O)(C(F)(F)F)C1. The number of aliphatic carboxylic acids is 1. The predicted octanol–water partition coefficient (Wildman–Crippen LogP) is 2.17. The first-order valence-corrected chi connectivity index (χ1v) is 8.21. The number of aliphatic hydroxyl groups is 1. The van der Waals surface area contributed by atoms with Crippen molar-refractivity contribution in [3.8, 4) is 0 Å². The van der Waals surface area contributed by atoms with Crippen molar-refractivity contribution in [2.45, 2.75) is 43.5 Å².